The fourth-order valence-corrected chi connectivity index (χ4v) is 3.98. The second-order valence-electron chi connectivity index (χ2n) is 4.67. The second kappa shape index (κ2) is 12.1. The molecule has 0 aliphatic rings. The van der Waals surface area contributed by atoms with Crippen LogP contribution < -0.4 is 0 Å². The van der Waals surface area contributed by atoms with Crippen molar-refractivity contribution in [3.63, 3.8) is 0 Å². The van der Waals surface area contributed by atoms with Crippen LogP contribution in [0.3, 0.4) is 0 Å². The van der Waals surface area contributed by atoms with E-state index in [1.54, 1.807) is 8.65 Å². The fraction of sp³-hybridized carbons (Fsp3) is 0.368. The van der Waals surface area contributed by atoms with Gasteiger partial charge < -0.3 is 0 Å². The zero-order valence-electron chi connectivity index (χ0n) is 13.7. The van der Waals surface area contributed by atoms with Crippen LogP contribution in [0.15, 0.2) is 56.7 Å². The Kier molecular flexibility index (Phi) is 11.8. The third kappa shape index (κ3) is 8.53. The molecule has 0 aliphatic heterocycles. The summed E-state index contributed by atoms with van der Waals surface area (Å²) in [6.07, 6.45) is 9.07. The van der Waals surface area contributed by atoms with Crippen LogP contribution in [0.5, 0.6) is 0 Å². The SMILES string of the molecule is CC.CC/C(C)=[C]([Hg])/C=C(\C)C/C=C/c1ccccc1. The van der Waals surface area contributed by atoms with E-state index in [0.717, 1.165) is 32.5 Å². The summed E-state index contributed by atoms with van der Waals surface area (Å²) in [6.45, 7) is 10.7. The van der Waals surface area contributed by atoms with E-state index in [2.05, 4.69) is 69.3 Å². The first kappa shape index (κ1) is 19.4. The van der Waals surface area contributed by atoms with Crippen molar-refractivity contribution in [3.8, 4) is 0 Å². The maximum atomic E-state index is 2.39. The normalized spacial score (nSPS) is 12.8. The zero-order chi connectivity index (χ0) is 15.4. The Morgan fingerprint density at radius 3 is 2.25 bits per heavy atom. The zero-order valence-corrected chi connectivity index (χ0v) is 19.2. The van der Waals surface area contributed by atoms with Crippen LogP contribution in [-0.2, 0) is 26.1 Å². The monoisotopic (exact) mass is 457 g/mol. The van der Waals surface area contributed by atoms with E-state index >= 15 is 0 Å². The molecule has 0 bridgehead atoms. The number of rotatable bonds is 5. The minimum atomic E-state index is 0.723. The van der Waals surface area contributed by atoms with E-state index in [0.29, 0.717) is 0 Å². The summed E-state index contributed by atoms with van der Waals surface area (Å²) in [7, 11) is 0. The molecule has 0 heterocycles. The van der Waals surface area contributed by atoms with Gasteiger partial charge in [0.05, 0.1) is 0 Å². The molecule has 0 N–H and O–H groups in total. The summed E-state index contributed by atoms with van der Waals surface area (Å²) in [5.41, 5.74) is 4.30. The molecule has 0 radical (unpaired) electrons. The Hall–Kier alpha value is -0.625. The van der Waals surface area contributed by atoms with Crippen molar-refractivity contribution in [1.82, 2.24) is 0 Å². The molecule has 0 aromatic heterocycles. The van der Waals surface area contributed by atoms with Crippen LogP contribution in [0.2, 0.25) is 0 Å². The first-order valence-electron chi connectivity index (χ1n) is 7.54. The van der Waals surface area contributed by atoms with Gasteiger partial charge in [0.1, 0.15) is 0 Å². The van der Waals surface area contributed by atoms with E-state index in [4.69, 9.17) is 0 Å². The molecule has 1 heteroatoms. The van der Waals surface area contributed by atoms with Crippen LogP contribution in [0.25, 0.3) is 6.08 Å². The Morgan fingerprint density at radius 2 is 1.70 bits per heavy atom. The molecule has 0 aliphatic carbocycles. The average Bonchev–Trinajstić information content (AvgIpc) is 2.49. The first-order valence-corrected chi connectivity index (χ1v) is 10.3. The summed E-state index contributed by atoms with van der Waals surface area (Å²) in [5.74, 6) is 0. The van der Waals surface area contributed by atoms with Crippen LogP contribution in [-0.4, -0.2) is 0 Å². The van der Waals surface area contributed by atoms with Gasteiger partial charge in [0, 0.05) is 0 Å². The molecular formula is C19H27Hg. The van der Waals surface area contributed by atoms with Gasteiger partial charge in [-0.25, -0.2) is 0 Å². The molecule has 0 amide bonds. The summed E-state index contributed by atoms with van der Waals surface area (Å²) in [5, 5.41) is 0. The summed E-state index contributed by atoms with van der Waals surface area (Å²) in [4.78, 5) is 0. The van der Waals surface area contributed by atoms with Gasteiger partial charge in [-0.1, -0.05) is 13.8 Å². The third-order valence-electron chi connectivity index (χ3n) is 3.05. The third-order valence-corrected chi connectivity index (χ3v) is 6.19. The van der Waals surface area contributed by atoms with Crippen LogP contribution >= 0.6 is 0 Å². The molecule has 0 nitrogen and oxygen atoms in total. The molecule has 0 spiro atoms. The van der Waals surface area contributed by atoms with Crippen molar-refractivity contribution >= 4 is 6.08 Å². The van der Waals surface area contributed by atoms with Crippen molar-refractivity contribution in [2.45, 2.75) is 47.5 Å². The Labute approximate surface area is 141 Å². The van der Waals surface area contributed by atoms with Crippen molar-refractivity contribution < 1.29 is 26.1 Å². The summed E-state index contributed by atoms with van der Waals surface area (Å²) in [6, 6.07) is 10.5. The molecule has 0 unspecified atom stereocenters. The molecule has 0 atom stereocenters. The van der Waals surface area contributed by atoms with Gasteiger partial charge in [-0.15, -0.1) is 0 Å². The van der Waals surface area contributed by atoms with Gasteiger partial charge in [0.2, 0.25) is 0 Å². The Morgan fingerprint density at radius 1 is 1.10 bits per heavy atom. The molecule has 105 valence electrons. The van der Waals surface area contributed by atoms with Gasteiger partial charge in [0.25, 0.3) is 0 Å². The predicted octanol–water partition coefficient (Wildman–Crippen LogP) is 6.29. The van der Waals surface area contributed by atoms with Gasteiger partial charge in [-0.2, -0.15) is 0 Å². The molecular weight excluding hydrogens is 429 g/mol. The second-order valence-corrected chi connectivity index (χ2v) is 7.63. The van der Waals surface area contributed by atoms with Crippen LogP contribution in [0, 0.1) is 0 Å². The quantitative estimate of drug-likeness (QED) is 0.361. The number of hydrogen-bond acceptors (Lipinski definition) is 0. The van der Waals surface area contributed by atoms with E-state index < -0.39 is 0 Å². The first-order chi connectivity index (χ1) is 9.63. The van der Waals surface area contributed by atoms with Crippen LogP contribution in [0.4, 0.5) is 0 Å². The van der Waals surface area contributed by atoms with Crippen LogP contribution in [0.1, 0.15) is 53.0 Å². The topological polar surface area (TPSA) is 0 Å². The number of benzene rings is 1. The molecule has 1 aromatic carbocycles. The maximum absolute atomic E-state index is 2.39. The summed E-state index contributed by atoms with van der Waals surface area (Å²) >= 11 is 0.723. The molecule has 1 aromatic rings. The average molecular weight is 456 g/mol. The molecule has 0 saturated heterocycles. The van der Waals surface area contributed by atoms with Gasteiger partial charge in [0.15, 0.2) is 0 Å². The fourth-order valence-electron chi connectivity index (χ4n) is 1.65. The molecule has 0 fully saturated rings. The van der Waals surface area contributed by atoms with Crippen molar-refractivity contribution in [3.05, 3.63) is 62.3 Å². The van der Waals surface area contributed by atoms with E-state index in [9.17, 15) is 0 Å². The van der Waals surface area contributed by atoms with Gasteiger partial charge >= 0.3 is 128 Å². The number of hydrogen-bond donors (Lipinski definition) is 0. The Balaban J connectivity index is 0.00000172. The van der Waals surface area contributed by atoms with Gasteiger partial charge in [-0.3, -0.25) is 0 Å². The van der Waals surface area contributed by atoms with Crippen molar-refractivity contribution in [1.29, 1.82) is 0 Å². The Bertz CT molecular complexity index is 450. The van der Waals surface area contributed by atoms with E-state index in [1.807, 2.05) is 13.8 Å². The summed E-state index contributed by atoms with van der Waals surface area (Å²) < 4.78 is 1.60. The van der Waals surface area contributed by atoms with E-state index in [-0.39, 0.29) is 0 Å². The molecule has 20 heavy (non-hydrogen) atoms. The standard InChI is InChI=1S/C17H21.C2H6.Hg/c1-4-15(2)13-14-16(3)9-8-12-17-10-6-5-7-11-17;1-2;/h5-8,10-12,14H,4,9H2,1-3H3;1-2H3;/b12-8+,15-13?,16-14+;;. The minimum absolute atomic E-state index is 0.723. The van der Waals surface area contributed by atoms with E-state index in [1.165, 1.54) is 17.6 Å². The molecule has 1 rings (SSSR count). The number of allylic oxidation sites excluding steroid dienone is 5. The van der Waals surface area contributed by atoms with Crippen molar-refractivity contribution in [2.75, 3.05) is 0 Å². The van der Waals surface area contributed by atoms with Gasteiger partial charge in [-0.05, 0) is 0 Å². The molecule has 0 saturated carbocycles. The van der Waals surface area contributed by atoms with Crippen molar-refractivity contribution in [2.24, 2.45) is 0 Å². The predicted molar refractivity (Wildman–Crippen MR) is 88.2 cm³/mol.